The summed E-state index contributed by atoms with van der Waals surface area (Å²) >= 11 is 0. The maximum Gasteiger partial charge on any atom is 0.335 e. The minimum Gasteiger partial charge on any atom is -0.458 e. The van der Waals surface area contributed by atoms with Crippen LogP contribution in [-0.2, 0) is 14.3 Å². The molecule has 4 nitrogen and oxygen atoms in total. The van der Waals surface area contributed by atoms with Crippen LogP contribution in [0, 0.1) is 0 Å². The molecule has 0 aromatic heterocycles. The van der Waals surface area contributed by atoms with Gasteiger partial charge in [0.25, 0.3) is 0 Å². The van der Waals surface area contributed by atoms with Crippen LogP contribution >= 0.6 is 0 Å². The van der Waals surface area contributed by atoms with Crippen molar-refractivity contribution in [2.75, 3.05) is 13.1 Å². The topological polar surface area (TPSA) is 47.6 Å². The second-order valence-electron chi connectivity index (χ2n) is 6.11. The maximum absolute atomic E-state index is 11.9. The van der Waals surface area contributed by atoms with Gasteiger partial charge in [-0.25, -0.2) is 4.79 Å². The smallest absolute Gasteiger partial charge is 0.335 e. The highest BCUT2D eigenvalue weighted by atomic mass is 16.6. The summed E-state index contributed by atoms with van der Waals surface area (Å²) < 4.78 is 11.4. The first-order chi connectivity index (χ1) is 7.90. The minimum absolute atomic E-state index is 0.0627. The van der Waals surface area contributed by atoms with Crippen molar-refractivity contribution in [2.24, 2.45) is 0 Å². The Labute approximate surface area is 103 Å². The van der Waals surface area contributed by atoms with Crippen molar-refractivity contribution in [3.05, 3.63) is 0 Å². The third kappa shape index (κ3) is 3.19. The molecule has 2 aliphatic rings. The number of piperidine rings is 1. The van der Waals surface area contributed by atoms with Crippen molar-refractivity contribution < 1.29 is 14.3 Å². The first-order valence-corrected chi connectivity index (χ1v) is 6.52. The van der Waals surface area contributed by atoms with E-state index in [9.17, 15) is 4.79 Å². The van der Waals surface area contributed by atoms with Crippen LogP contribution < -0.4 is 5.32 Å². The highest BCUT2D eigenvalue weighted by molar-refractivity contribution is 5.75. The lowest BCUT2D eigenvalue weighted by Gasteiger charge is -2.33. The fourth-order valence-corrected chi connectivity index (χ4v) is 2.60. The van der Waals surface area contributed by atoms with Gasteiger partial charge >= 0.3 is 5.97 Å². The standard InChI is InChI=1S/C13H23NO3/c1-12(2,3)17-11(15)10-4-5-13(16-10)6-8-14-9-7-13/h10,14H,4-9H2,1-3H3. The third-order valence-electron chi connectivity index (χ3n) is 3.44. The first kappa shape index (κ1) is 12.8. The van der Waals surface area contributed by atoms with Gasteiger partial charge in [-0.2, -0.15) is 0 Å². The predicted molar refractivity (Wildman–Crippen MR) is 64.8 cm³/mol. The maximum atomic E-state index is 11.9. The summed E-state index contributed by atoms with van der Waals surface area (Å²) in [6.07, 6.45) is 3.44. The van der Waals surface area contributed by atoms with Gasteiger partial charge in [-0.05, 0) is 59.5 Å². The van der Waals surface area contributed by atoms with E-state index < -0.39 is 5.60 Å². The predicted octanol–water partition coefficient (Wildman–Crippen LogP) is 1.63. The van der Waals surface area contributed by atoms with E-state index in [1.54, 1.807) is 0 Å². The summed E-state index contributed by atoms with van der Waals surface area (Å²) in [6.45, 7) is 7.64. The number of nitrogens with one attached hydrogen (secondary N) is 1. The molecule has 0 aliphatic carbocycles. The summed E-state index contributed by atoms with van der Waals surface area (Å²) in [5.74, 6) is -0.201. The monoisotopic (exact) mass is 241 g/mol. The lowest BCUT2D eigenvalue weighted by atomic mass is 9.89. The Hall–Kier alpha value is -0.610. The van der Waals surface area contributed by atoms with Gasteiger partial charge < -0.3 is 14.8 Å². The van der Waals surface area contributed by atoms with Crippen molar-refractivity contribution in [3.8, 4) is 0 Å². The number of hydrogen-bond donors (Lipinski definition) is 1. The van der Waals surface area contributed by atoms with Crippen LogP contribution in [0.1, 0.15) is 46.5 Å². The molecule has 2 rings (SSSR count). The highest BCUT2D eigenvalue weighted by Gasteiger charge is 2.44. The Morgan fingerprint density at radius 1 is 1.29 bits per heavy atom. The van der Waals surface area contributed by atoms with Crippen LogP contribution in [0.15, 0.2) is 0 Å². The van der Waals surface area contributed by atoms with Gasteiger partial charge in [-0.1, -0.05) is 0 Å². The lowest BCUT2D eigenvalue weighted by Crippen LogP contribution is -2.43. The van der Waals surface area contributed by atoms with Crippen LogP contribution in [0.25, 0.3) is 0 Å². The molecule has 4 heteroatoms. The van der Waals surface area contributed by atoms with E-state index >= 15 is 0 Å². The van der Waals surface area contributed by atoms with Crippen LogP contribution in [0.5, 0.6) is 0 Å². The summed E-state index contributed by atoms with van der Waals surface area (Å²) in [5.41, 5.74) is -0.489. The number of carbonyl (C=O) groups is 1. The number of rotatable bonds is 1. The normalized spacial score (nSPS) is 28.3. The van der Waals surface area contributed by atoms with Crippen molar-refractivity contribution in [1.82, 2.24) is 5.32 Å². The Morgan fingerprint density at radius 2 is 1.94 bits per heavy atom. The van der Waals surface area contributed by atoms with Gasteiger partial charge in [0, 0.05) is 0 Å². The van der Waals surface area contributed by atoms with Crippen molar-refractivity contribution in [1.29, 1.82) is 0 Å². The molecular weight excluding hydrogens is 218 g/mol. The van der Waals surface area contributed by atoms with Gasteiger partial charge in [0.2, 0.25) is 0 Å². The van der Waals surface area contributed by atoms with Crippen LogP contribution in [-0.4, -0.2) is 36.4 Å². The summed E-state index contributed by atoms with van der Waals surface area (Å²) in [6, 6.07) is 0. The molecule has 0 radical (unpaired) electrons. The largest absolute Gasteiger partial charge is 0.458 e. The van der Waals surface area contributed by atoms with Gasteiger partial charge in [0.05, 0.1) is 5.60 Å². The molecule has 2 saturated heterocycles. The molecule has 1 unspecified atom stereocenters. The Bertz CT molecular complexity index is 290. The zero-order chi connectivity index (χ0) is 12.5. The number of ether oxygens (including phenoxy) is 2. The van der Waals surface area contributed by atoms with E-state index in [0.717, 1.165) is 38.8 Å². The van der Waals surface area contributed by atoms with Crippen LogP contribution in [0.3, 0.4) is 0 Å². The van der Waals surface area contributed by atoms with Crippen molar-refractivity contribution in [2.45, 2.75) is 63.8 Å². The summed E-state index contributed by atoms with van der Waals surface area (Å²) in [4.78, 5) is 11.9. The average molecular weight is 241 g/mol. The van der Waals surface area contributed by atoms with E-state index in [2.05, 4.69) is 5.32 Å². The molecular formula is C13H23NO3. The van der Waals surface area contributed by atoms with Gasteiger partial charge in [0.1, 0.15) is 5.60 Å². The highest BCUT2D eigenvalue weighted by Crippen LogP contribution is 2.37. The molecule has 1 N–H and O–H groups in total. The SMILES string of the molecule is CC(C)(C)OC(=O)C1CCC2(CCNCC2)O1. The first-order valence-electron chi connectivity index (χ1n) is 6.52. The van der Waals surface area contributed by atoms with E-state index in [0.29, 0.717) is 0 Å². The van der Waals surface area contributed by atoms with Crippen molar-refractivity contribution in [3.63, 3.8) is 0 Å². The molecule has 0 aromatic carbocycles. The summed E-state index contributed by atoms with van der Waals surface area (Å²) in [7, 11) is 0. The Kier molecular flexibility index (Phi) is 3.46. The van der Waals surface area contributed by atoms with E-state index in [1.165, 1.54) is 0 Å². The lowest BCUT2D eigenvalue weighted by molar-refractivity contribution is -0.173. The van der Waals surface area contributed by atoms with E-state index in [-0.39, 0.29) is 17.7 Å². The molecule has 98 valence electrons. The molecule has 17 heavy (non-hydrogen) atoms. The molecule has 1 spiro atoms. The number of esters is 1. The Balaban J connectivity index is 1.91. The third-order valence-corrected chi connectivity index (χ3v) is 3.44. The average Bonchev–Trinajstić information content (AvgIpc) is 2.61. The second-order valence-corrected chi connectivity index (χ2v) is 6.11. The number of carbonyl (C=O) groups excluding carboxylic acids is 1. The fourth-order valence-electron chi connectivity index (χ4n) is 2.60. The van der Waals surface area contributed by atoms with Crippen LogP contribution in [0.4, 0.5) is 0 Å². The molecule has 0 amide bonds. The quantitative estimate of drug-likeness (QED) is 0.709. The molecule has 0 aromatic rings. The Morgan fingerprint density at radius 3 is 2.53 bits per heavy atom. The number of hydrogen-bond acceptors (Lipinski definition) is 4. The van der Waals surface area contributed by atoms with Crippen molar-refractivity contribution >= 4 is 5.97 Å². The van der Waals surface area contributed by atoms with Gasteiger partial charge in [-0.3, -0.25) is 0 Å². The molecule has 1 atom stereocenters. The molecule has 0 bridgehead atoms. The minimum atomic E-state index is -0.426. The fraction of sp³-hybridized carbons (Fsp3) is 0.923. The van der Waals surface area contributed by atoms with E-state index in [1.807, 2.05) is 20.8 Å². The zero-order valence-corrected chi connectivity index (χ0v) is 11.0. The molecule has 2 heterocycles. The van der Waals surface area contributed by atoms with Gasteiger partial charge in [-0.15, -0.1) is 0 Å². The van der Waals surface area contributed by atoms with Crippen LogP contribution in [0.2, 0.25) is 0 Å². The molecule has 0 saturated carbocycles. The van der Waals surface area contributed by atoms with E-state index in [4.69, 9.17) is 9.47 Å². The molecule has 2 aliphatic heterocycles. The second kappa shape index (κ2) is 4.58. The van der Waals surface area contributed by atoms with Gasteiger partial charge in [0.15, 0.2) is 6.10 Å². The summed E-state index contributed by atoms with van der Waals surface area (Å²) in [5, 5.41) is 3.32. The molecule has 2 fully saturated rings. The zero-order valence-electron chi connectivity index (χ0n) is 11.0.